The molecule has 144 valence electrons. The van der Waals surface area contributed by atoms with E-state index in [1.54, 1.807) is 36.4 Å². The lowest BCUT2D eigenvalue weighted by molar-refractivity contribution is 0.0951. The highest BCUT2D eigenvalue weighted by atomic mass is 32.2. The van der Waals surface area contributed by atoms with E-state index in [1.165, 1.54) is 4.31 Å². The minimum Gasteiger partial charge on any atom is -0.348 e. The summed E-state index contributed by atoms with van der Waals surface area (Å²) >= 11 is 0. The van der Waals surface area contributed by atoms with E-state index < -0.39 is 10.0 Å². The molecule has 0 atom stereocenters. The molecule has 6 nitrogen and oxygen atoms in total. The van der Waals surface area contributed by atoms with Gasteiger partial charge in [0.25, 0.3) is 5.91 Å². The number of amides is 1. The van der Waals surface area contributed by atoms with Crippen LogP contribution in [0.1, 0.15) is 21.5 Å². The Morgan fingerprint density at radius 3 is 2.15 bits per heavy atom. The molecular formula is C20H25N3O3S. The topological polar surface area (TPSA) is 69.7 Å². The number of piperazine rings is 1. The smallest absolute Gasteiger partial charge is 0.251 e. The summed E-state index contributed by atoms with van der Waals surface area (Å²) in [7, 11) is -1.47. The number of hydrogen-bond acceptors (Lipinski definition) is 4. The van der Waals surface area contributed by atoms with Gasteiger partial charge in [-0.15, -0.1) is 0 Å². The Morgan fingerprint density at radius 2 is 1.56 bits per heavy atom. The van der Waals surface area contributed by atoms with Crippen LogP contribution >= 0.6 is 0 Å². The summed E-state index contributed by atoms with van der Waals surface area (Å²) in [4.78, 5) is 14.6. The third-order valence-corrected chi connectivity index (χ3v) is 6.70. The van der Waals surface area contributed by atoms with Crippen LogP contribution in [0, 0.1) is 6.92 Å². The number of hydrogen-bond donors (Lipinski definition) is 1. The van der Waals surface area contributed by atoms with Crippen molar-refractivity contribution >= 4 is 15.9 Å². The van der Waals surface area contributed by atoms with Gasteiger partial charge in [-0.3, -0.25) is 4.79 Å². The minimum absolute atomic E-state index is 0.149. The molecular weight excluding hydrogens is 362 g/mol. The highest BCUT2D eigenvalue weighted by Gasteiger charge is 2.27. The fraction of sp³-hybridized carbons (Fsp3) is 0.350. The lowest BCUT2D eigenvalue weighted by Gasteiger charge is -2.31. The van der Waals surface area contributed by atoms with E-state index >= 15 is 0 Å². The van der Waals surface area contributed by atoms with E-state index in [0.29, 0.717) is 30.1 Å². The molecule has 0 aliphatic carbocycles. The summed E-state index contributed by atoms with van der Waals surface area (Å²) in [6.45, 7) is 4.81. The first-order chi connectivity index (χ1) is 12.9. The molecule has 1 fully saturated rings. The molecule has 7 heteroatoms. The Hall–Kier alpha value is -2.22. The Labute approximate surface area is 160 Å². The van der Waals surface area contributed by atoms with Crippen molar-refractivity contribution in [3.8, 4) is 0 Å². The van der Waals surface area contributed by atoms with Gasteiger partial charge in [0.05, 0.1) is 4.90 Å². The number of nitrogens with zero attached hydrogens (tertiary/aromatic N) is 2. The standard InChI is InChI=1S/C20H25N3O3S/c1-16-3-7-18(8-4-16)20(24)21-15-17-5-9-19(10-6-17)27(25,26)23-13-11-22(2)12-14-23/h3-10H,11-15H2,1-2H3,(H,21,24). The highest BCUT2D eigenvalue weighted by Crippen LogP contribution is 2.18. The third kappa shape index (κ3) is 4.74. The van der Waals surface area contributed by atoms with Crippen LogP contribution in [0.25, 0.3) is 0 Å². The van der Waals surface area contributed by atoms with Crippen LogP contribution in [0.15, 0.2) is 53.4 Å². The van der Waals surface area contributed by atoms with Gasteiger partial charge in [-0.2, -0.15) is 4.31 Å². The molecule has 1 amide bonds. The summed E-state index contributed by atoms with van der Waals surface area (Å²) < 4.78 is 27.0. The number of aryl methyl sites for hydroxylation is 1. The van der Waals surface area contributed by atoms with Crippen molar-refractivity contribution in [1.82, 2.24) is 14.5 Å². The van der Waals surface area contributed by atoms with Crippen LogP contribution < -0.4 is 5.32 Å². The molecule has 1 aliphatic rings. The van der Waals surface area contributed by atoms with Crippen molar-refractivity contribution in [2.45, 2.75) is 18.4 Å². The van der Waals surface area contributed by atoms with Crippen molar-refractivity contribution in [2.75, 3.05) is 33.2 Å². The van der Waals surface area contributed by atoms with Crippen molar-refractivity contribution in [1.29, 1.82) is 0 Å². The maximum absolute atomic E-state index is 12.7. The molecule has 0 spiro atoms. The molecule has 0 aromatic heterocycles. The molecule has 2 aromatic carbocycles. The van der Waals surface area contributed by atoms with Crippen molar-refractivity contribution in [2.24, 2.45) is 0 Å². The summed E-state index contributed by atoms with van der Waals surface area (Å²) in [6.07, 6.45) is 0. The average Bonchev–Trinajstić information content (AvgIpc) is 2.67. The zero-order valence-electron chi connectivity index (χ0n) is 15.7. The number of sulfonamides is 1. The van der Waals surface area contributed by atoms with Crippen molar-refractivity contribution < 1.29 is 13.2 Å². The van der Waals surface area contributed by atoms with Crippen molar-refractivity contribution in [3.05, 3.63) is 65.2 Å². The molecule has 1 aliphatic heterocycles. The summed E-state index contributed by atoms with van der Waals surface area (Å²) in [6, 6.07) is 14.1. The van der Waals surface area contributed by atoms with Gasteiger partial charge >= 0.3 is 0 Å². The number of nitrogens with one attached hydrogen (secondary N) is 1. The molecule has 3 rings (SSSR count). The average molecular weight is 388 g/mol. The lowest BCUT2D eigenvalue weighted by atomic mass is 10.1. The van der Waals surface area contributed by atoms with Gasteiger partial charge in [-0.25, -0.2) is 8.42 Å². The largest absolute Gasteiger partial charge is 0.348 e. The number of benzene rings is 2. The fourth-order valence-electron chi connectivity index (χ4n) is 2.95. The predicted molar refractivity (Wildman–Crippen MR) is 105 cm³/mol. The van der Waals surface area contributed by atoms with E-state index in [0.717, 1.165) is 24.2 Å². The number of carbonyl (C=O) groups is 1. The Kier molecular flexibility index (Phi) is 5.94. The molecule has 0 saturated carbocycles. The van der Waals surface area contributed by atoms with E-state index in [2.05, 4.69) is 10.2 Å². The SMILES string of the molecule is Cc1ccc(C(=O)NCc2ccc(S(=O)(=O)N3CCN(C)CC3)cc2)cc1. The maximum atomic E-state index is 12.7. The first-order valence-corrected chi connectivity index (χ1v) is 10.4. The fourth-order valence-corrected chi connectivity index (χ4v) is 4.37. The second-order valence-corrected chi connectivity index (χ2v) is 8.84. The number of likely N-dealkylation sites (N-methyl/N-ethyl adjacent to an activating group) is 1. The minimum atomic E-state index is -3.46. The molecule has 0 radical (unpaired) electrons. The zero-order chi connectivity index (χ0) is 19.4. The van der Waals surface area contributed by atoms with Gasteiger partial charge in [-0.05, 0) is 43.8 Å². The molecule has 1 heterocycles. The summed E-state index contributed by atoms with van der Waals surface area (Å²) in [5.41, 5.74) is 2.56. The van der Waals surface area contributed by atoms with E-state index in [-0.39, 0.29) is 5.91 Å². The van der Waals surface area contributed by atoms with E-state index in [1.807, 2.05) is 26.1 Å². The number of carbonyl (C=O) groups excluding carboxylic acids is 1. The normalized spacial score (nSPS) is 16.2. The van der Waals surface area contributed by atoms with Crippen molar-refractivity contribution in [3.63, 3.8) is 0 Å². The van der Waals surface area contributed by atoms with Gasteiger partial charge in [0, 0.05) is 38.3 Å². The first kappa shape index (κ1) is 19.5. The van der Waals surface area contributed by atoms with Crippen LogP contribution in [-0.4, -0.2) is 56.8 Å². The van der Waals surface area contributed by atoms with Gasteiger partial charge in [0.1, 0.15) is 0 Å². The highest BCUT2D eigenvalue weighted by molar-refractivity contribution is 7.89. The Morgan fingerprint density at radius 1 is 0.963 bits per heavy atom. The summed E-state index contributed by atoms with van der Waals surface area (Å²) in [5, 5.41) is 2.86. The van der Waals surface area contributed by atoms with Crippen LogP contribution in [0.3, 0.4) is 0 Å². The molecule has 1 saturated heterocycles. The molecule has 0 bridgehead atoms. The summed E-state index contributed by atoms with van der Waals surface area (Å²) in [5.74, 6) is -0.149. The second-order valence-electron chi connectivity index (χ2n) is 6.90. The predicted octanol–water partition coefficient (Wildman–Crippen LogP) is 1.86. The monoisotopic (exact) mass is 387 g/mol. The molecule has 2 aromatic rings. The van der Waals surface area contributed by atoms with Gasteiger partial charge in [0.2, 0.25) is 10.0 Å². The van der Waals surface area contributed by atoms with Crippen LogP contribution in [-0.2, 0) is 16.6 Å². The molecule has 27 heavy (non-hydrogen) atoms. The third-order valence-electron chi connectivity index (χ3n) is 4.79. The Balaban J connectivity index is 1.61. The second kappa shape index (κ2) is 8.21. The van der Waals surface area contributed by atoms with Crippen LogP contribution in [0.5, 0.6) is 0 Å². The lowest BCUT2D eigenvalue weighted by Crippen LogP contribution is -2.47. The first-order valence-electron chi connectivity index (χ1n) is 8.99. The van der Waals surface area contributed by atoms with Gasteiger partial charge in [0.15, 0.2) is 0 Å². The Bertz CT molecular complexity index is 885. The van der Waals surface area contributed by atoms with Crippen LogP contribution in [0.2, 0.25) is 0 Å². The van der Waals surface area contributed by atoms with E-state index in [4.69, 9.17) is 0 Å². The van der Waals surface area contributed by atoms with E-state index in [9.17, 15) is 13.2 Å². The quantitative estimate of drug-likeness (QED) is 0.850. The van der Waals surface area contributed by atoms with Crippen LogP contribution in [0.4, 0.5) is 0 Å². The maximum Gasteiger partial charge on any atom is 0.251 e. The van der Waals surface area contributed by atoms with Gasteiger partial charge in [-0.1, -0.05) is 29.8 Å². The molecule has 1 N–H and O–H groups in total. The zero-order valence-corrected chi connectivity index (χ0v) is 16.5. The molecule has 0 unspecified atom stereocenters. The number of rotatable bonds is 5. The van der Waals surface area contributed by atoms with Gasteiger partial charge < -0.3 is 10.2 Å².